The summed E-state index contributed by atoms with van der Waals surface area (Å²) in [5.41, 5.74) is 5.59. The topological polar surface area (TPSA) is 55.9 Å². The molecule has 3 N–H and O–H groups in total. The van der Waals surface area contributed by atoms with E-state index in [4.69, 9.17) is 5.84 Å². The molecule has 1 unspecified atom stereocenters. The molecule has 4 bridgehead atoms. The molecule has 4 aliphatic carbocycles. The van der Waals surface area contributed by atoms with Crippen molar-refractivity contribution in [1.29, 1.82) is 0 Å². The molecule has 4 nitrogen and oxygen atoms in total. The highest BCUT2D eigenvalue weighted by Crippen LogP contribution is 2.57. The monoisotopic (exact) mass is 288 g/mol. The van der Waals surface area contributed by atoms with Gasteiger partial charge < -0.3 is 0 Å². The van der Waals surface area contributed by atoms with Crippen LogP contribution in [0, 0.1) is 36.5 Å². The van der Waals surface area contributed by atoms with Gasteiger partial charge in [-0.3, -0.25) is 16.0 Å². The summed E-state index contributed by atoms with van der Waals surface area (Å²) >= 11 is 0. The molecule has 4 saturated carbocycles. The number of nitrogens with one attached hydrogen (secondary N) is 1. The van der Waals surface area contributed by atoms with Crippen LogP contribution in [0.1, 0.15) is 43.5 Å². The lowest BCUT2D eigenvalue weighted by Crippen LogP contribution is -2.55. The molecule has 0 amide bonds. The molecular formula is C17H28N4. The number of hydrogen-bond donors (Lipinski definition) is 2. The van der Waals surface area contributed by atoms with Crippen LogP contribution in [0.25, 0.3) is 0 Å². The van der Waals surface area contributed by atoms with E-state index in [2.05, 4.69) is 23.5 Å². The van der Waals surface area contributed by atoms with Crippen molar-refractivity contribution in [3.05, 3.63) is 17.5 Å². The second-order valence-corrected chi connectivity index (χ2v) is 7.89. The number of hydrogen-bond acceptors (Lipinski definition) is 3. The van der Waals surface area contributed by atoms with Crippen LogP contribution >= 0.6 is 0 Å². The number of rotatable bonds is 4. The first-order chi connectivity index (χ1) is 10.1. The second-order valence-electron chi connectivity index (χ2n) is 7.89. The van der Waals surface area contributed by atoms with E-state index < -0.39 is 0 Å². The highest BCUT2D eigenvalue weighted by Gasteiger charge is 2.50. The molecule has 4 fully saturated rings. The van der Waals surface area contributed by atoms with Crippen LogP contribution in [0.5, 0.6) is 0 Å². The van der Waals surface area contributed by atoms with E-state index in [-0.39, 0.29) is 0 Å². The van der Waals surface area contributed by atoms with Gasteiger partial charge in [-0.05, 0) is 74.7 Å². The van der Waals surface area contributed by atoms with Crippen LogP contribution in [0.3, 0.4) is 0 Å². The van der Waals surface area contributed by atoms with Crippen LogP contribution in [-0.4, -0.2) is 15.8 Å². The number of aromatic nitrogens is 2. The fraction of sp³-hybridized carbons (Fsp3) is 0.824. The van der Waals surface area contributed by atoms with Crippen molar-refractivity contribution >= 4 is 0 Å². The normalized spacial score (nSPS) is 38.9. The fourth-order valence-corrected chi connectivity index (χ4v) is 6.01. The zero-order valence-electron chi connectivity index (χ0n) is 13.3. The average Bonchev–Trinajstić information content (AvgIpc) is 2.74. The Kier molecular flexibility index (Phi) is 3.34. The summed E-state index contributed by atoms with van der Waals surface area (Å²) in [5.74, 6) is 10.6. The van der Waals surface area contributed by atoms with Gasteiger partial charge in [0.15, 0.2) is 0 Å². The first-order valence-electron chi connectivity index (χ1n) is 8.59. The lowest BCUT2D eigenvalue weighted by atomic mass is 9.50. The minimum atomic E-state index is 0.412. The third kappa shape index (κ3) is 2.33. The van der Waals surface area contributed by atoms with Crippen molar-refractivity contribution in [3.63, 3.8) is 0 Å². The van der Waals surface area contributed by atoms with Gasteiger partial charge in [0.25, 0.3) is 0 Å². The van der Waals surface area contributed by atoms with Crippen LogP contribution < -0.4 is 11.3 Å². The van der Waals surface area contributed by atoms with Gasteiger partial charge in [0.05, 0.1) is 5.69 Å². The molecule has 0 spiro atoms. The minimum absolute atomic E-state index is 0.412. The first-order valence-corrected chi connectivity index (χ1v) is 8.59. The van der Waals surface area contributed by atoms with Crippen LogP contribution in [-0.2, 0) is 13.5 Å². The maximum Gasteiger partial charge on any atom is 0.0596 e. The SMILES string of the molecule is Cc1cc(CC(NN)C2C3CC4CC(C3)CC2C4)n(C)n1. The highest BCUT2D eigenvalue weighted by molar-refractivity contribution is 5.12. The Morgan fingerprint density at radius 2 is 1.86 bits per heavy atom. The molecule has 21 heavy (non-hydrogen) atoms. The van der Waals surface area contributed by atoms with Gasteiger partial charge in [-0.1, -0.05) is 0 Å². The summed E-state index contributed by atoms with van der Waals surface area (Å²) < 4.78 is 2.02. The van der Waals surface area contributed by atoms with E-state index in [9.17, 15) is 0 Å². The zero-order valence-corrected chi connectivity index (χ0v) is 13.3. The van der Waals surface area contributed by atoms with Crippen molar-refractivity contribution in [1.82, 2.24) is 15.2 Å². The third-order valence-electron chi connectivity index (χ3n) is 6.51. The van der Waals surface area contributed by atoms with Gasteiger partial charge in [0.2, 0.25) is 0 Å². The van der Waals surface area contributed by atoms with Gasteiger partial charge >= 0.3 is 0 Å². The molecule has 1 aromatic heterocycles. The van der Waals surface area contributed by atoms with Crippen molar-refractivity contribution in [2.24, 2.45) is 42.5 Å². The van der Waals surface area contributed by atoms with E-state index in [1.165, 1.54) is 37.8 Å². The maximum absolute atomic E-state index is 5.98. The van der Waals surface area contributed by atoms with Gasteiger partial charge in [-0.25, -0.2) is 0 Å². The van der Waals surface area contributed by atoms with E-state index >= 15 is 0 Å². The third-order valence-corrected chi connectivity index (χ3v) is 6.51. The van der Waals surface area contributed by atoms with Gasteiger partial charge in [0, 0.05) is 25.2 Å². The molecule has 1 atom stereocenters. The Hall–Kier alpha value is -0.870. The van der Waals surface area contributed by atoms with E-state index in [0.717, 1.165) is 41.7 Å². The summed E-state index contributed by atoms with van der Waals surface area (Å²) in [6.07, 6.45) is 8.36. The minimum Gasteiger partial charge on any atom is -0.272 e. The predicted octanol–water partition coefficient (Wildman–Crippen LogP) is 2.18. The number of nitrogens with two attached hydrogens (primary N) is 1. The lowest BCUT2D eigenvalue weighted by molar-refractivity contribution is -0.0519. The standard InChI is InChI=1S/C17H28N4/c1-10-3-15(21(2)20-10)9-16(19-18)17-13-5-11-4-12(7-13)8-14(17)6-11/h3,11-14,16-17,19H,4-9,18H2,1-2H3. The van der Waals surface area contributed by atoms with Crippen molar-refractivity contribution < 1.29 is 0 Å². The average molecular weight is 288 g/mol. The second kappa shape index (κ2) is 5.10. The summed E-state index contributed by atoms with van der Waals surface area (Å²) in [6.45, 7) is 2.07. The smallest absolute Gasteiger partial charge is 0.0596 e. The molecule has 4 heteroatoms. The largest absolute Gasteiger partial charge is 0.272 e. The van der Waals surface area contributed by atoms with E-state index in [0.29, 0.717) is 6.04 Å². The molecule has 0 aromatic carbocycles. The molecule has 0 aliphatic heterocycles. The molecular weight excluding hydrogens is 260 g/mol. The Morgan fingerprint density at radius 3 is 2.33 bits per heavy atom. The van der Waals surface area contributed by atoms with Crippen molar-refractivity contribution in [3.8, 4) is 0 Å². The van der Waals surface area contributed by atoms with Crippen LogP contribution in [0.2, 0.25) is 0 Å². The predicted molar refractivity (Wildman–Crippen MR) is 83.3 cm³/mol. The Bertz CT molecular complexity index is 493. The molecule has 116 valence electrons. The number of nitrogens with zero attached hydrogens (tertiary/aromatic N) is 2. The molecule has 0 saturated heterocycles. The van der Waals surface area contributed by atoms with Crippen molar-refractivity contribution in [2.75, 3.05) is 0 Å². The quantitative estimate of drug-likeness (QED) is 0.659. The van der Waals surface area contributed by atoms with Gasteiger partial charge in [-0.2, -0.15) is 5.10 Å². The number of hydrazine groups is 1. The molecule has 1 aromatic rings. The maximum atomic E-state index is 5.98. The molecule has 4 aliphatic rings. The Morgan fingerprint density at radius 1 is 1.24 bits per heavy atom. The number of aryl methyl sites for hydroxylation is 2. The first kappa shape index (κ1) is 13.8. The summed E-state index contributed by atoms with van der Waals surface area (Å²) in [5, 5.41) is 4.48. The fourth-order valence-electron chi connectivity index (χ4n) is 6.01. The Labute approximate surface area is 127 Å². The van der Waals surface area contributed by atoms with Gasteiger partial charge in [0.1, 0.15) is 0 Å². The zero-order chi connectivity index (χ0) is 14.6. The molecule has 0 radical (unpaired) electrons. The molecule has 1 heterocycles. The Balaban J connectivity index is 1.54. The lowest BCUT2D eigenvalue weighted by Gasteiger charge is -2.56. The summed E-state index contributed by atoms with van der Waals surface area (Å²) in [4.78, 5) is 0. The summed E-state index contributed by atoms with van der Waals surface area (Å²) in [7, 11) is 2.05. The summed E-state index contributed by atoms with van der Waals surface area (Å²) in [6, 6.07) is 2.62. The van der Waals surface area contributed by atoms with Crippen LogP contribution in [0.4, 0.5) is 0 Å². The van der Waals surface area contributed by atoms with E-state index in [1.54, 1.807) is 0 Å². The van der Waals surface area contributed by atoms with Crippen LogP contribution in [0.15, 0.2) is 6.07 Å². The van der Waals surface area contributed by atoms with E-state index in [1.807, 2.05) is 11.7 Å². The molecule has 5 rings (SSSR count). The van der Waals surface area contributed by atoms with Gasteiger partial charge in [-0.15, -0.1) is 0 Å². The highest BCUT2D eigenvalue weighted by atomic mass is 15.3. The van der Waals surface area contributed by atoms with Crippen molar-refractivity contribution in [2.45, 2.75) is 51.5 Å².